The molecular weight excluding hydrogens is 228 g/mol. The maximum Gasteiger partial charge on any atom is 0.118 e. The van der Waals surface area contributed by atoms with Crippen LogP contribution in [0.15, 0.2) is 16.5 Å². The first kappa shape index (κ1) is 13.6. The summed E-state index contributed by atoms with van der Waals surface area (Å²) in [4.78, 5) is 2.41. The molecule has 1 N–H and O–H groups in total. The highest BCUT2D eigenvalue weighted by atomic mass is 16.5. The van der Waals surface area contributed by atoms with Crippen molar-refractivity contribution in [2.75, 3.05) is 26.2 Å². The largest absolute Gasteiger partial charge is 0.463 e. The van der Waals surface area contributed by atoms with Gasteiger partial charge in [-0.1, -0.05) is 6.92 Å². The van der Waals surface area contributed by atoms with Gasteiger partial charge in [-0.15, -0.1) is 0 Å². The maximum absolute atomic E-state index is 5.82. The average Bonchev–Trinajstić information content (AvgIpc) is 2.69. The lowest BCUT2D eigenvalue weighted by molar-refractivity contribution is 0.0658. The standard InChI is InChI=1S/C14H24N2O2/c1-3-15-9-13-5-6-14(18-13)11-16-7-4-8-17-12(2)10-16/h5-6,12,15H,3-4,7-11H2,1-2H3. The van der Waals surface area contributed by atoms with Gasteiger partial charge in [-0.05, 0) is 32.0 Å². The van der Waals surface area contributed by atoms with Gasteiger partial charge in [0.15, 0.2) is 0 Å². The molecule has 1 aromatic rings. The molecule has 0 saturated carbocycles. The van der Waals surface area contributed by atoms with Gasteiger partial charge in [0.05, 0.1) is 19.2 Å². The van der Waals surface area contributed by atoms with Gasteiger partial charge in [0, 0.05) is 19.7 Å². The van der Waals surface area contributed by atoms with Gasteiger partial charge in [-0.3, -0.25) is 4.90 Å². The summed E-state index contributed by atoms with van der Waals surface area (Å²) >= 11 is 0. The Morgan fingerprint density at radius 1 is 1.39 bits per heavy atom. The lowest BCUT2D eigenvalue weighted by atomic mass is 10.3. The van der Waals surface area contributed by atoms with E-state index in [9.17, 15) is 0 Å². The van der Waals surface area contributed by atoms with Gasteiger partial charge < -0.3 is 14.5 Å². The average molecular weight is 252 g/mol. The van der Waals surface area contributed by atoms with E-state index < -0.39 is 0 Å². The molecule has 4 nitrogen and oxygen atoms in total. The third-order valence-corrected chi connectivity index (χ3v) is 3.18. The van der Waals surface area contributed by atoms with E-state index in [1.54, 1.807) is 0 Å². The van der Waals surface area contributed by atoms with Crippen LogP contribution in [0.3, 0.4) is 0 Å². The van der Waals surface area contributed by atoms with Crippen molar-refractivity contribution in [1.29, 1.82) is 0 Å². The lowest BCUT2D eigenvalue weighted by Crippen LogP contribution is -2.29. The molecule has 0 bridgehead atoms. The summed E-state index contributed by atoms with van der Waals surface area (Å²) in [7, 11) is 0. The SMILES string of the molecule is CCNCc1ccc(CN2CCCOC(C)C2)o1. The van der Waals surface area contributed by atoms with Gasteiger partial charge >= 0.3 is 0 Å². The summed E-state index contributed by atoms with van der Waals surface area (Å²) in [5, 5.41) is 3.27. The zero-order chi connectivity index (χ0) is 12.8. The number of hydrogen-bond donors (Lipinski definition) is 1. The van der Waals surface area contributed by atoms with Gasteiger partial charge in [-0.2, -0.15) is 0 Å². The summed E-state index contributed by atoms with van der Waals surface area (Å²) in [6.45, 7) is 9.87. The smallest absolute Gasteiger partial charge is 0.118 e. The van der Waals surface area contributed by atoms with Gasteiger partial charge in [0.1, 0.15) is 11.5 Å². The second kappa shape index (κ2) is 6.92. The molecule has 1 saturated heterocycles. The number of furan rings is 1. The molecule has 0 aromatic carbocycles. The summed E-state index contributed by atoms with van der Waals surface area (Å²) in [5.74, 6) is 2.07. The highest BCUT2D eigenvalue weighted by Crippen LogP contribution is 2.13. The zero-order valence-electron chi connectivity index (χ0n) is 11.4. The molecule has 2 rings (SSSR count). The Hall–Kier alpha value is -0.840. The second-order valence-corrected chi connectivity index (χ2v) is 4.92. The molecule has 1 aliphatic heterocycles. The highest BCUT2D eigenvalue weighted by Gasteiger charge is 2.16. The van der Waals surface area contributed by atoms with Crippen molar-refractivity contribution in [2.24, 2.45) is 0 Å². The Labute approximate surface area is 109 Å². The van der Waals surface area contributed by atoms with Crippen molar-refractivity contribution < 1.29 is 9.15 Å². The molecule has 0 aliphatic carbocycles. The monoisotopic (exact) mass is 252 g/mol. The first-order valence-electron chi connectivity index (χ1n) is 6.90. The van der Waals surface area contributed by atoms with Crippen LogP contribution < -0.4 is 5.32 Å². The van der Waals surface area contributed by atoms with Crippen molar-refractivity contribution in [3.63, 3.8) is 0 Å². The van der Waals surface area contributed by atoms with E-state index in [1.165, 1.54) is 0 Å². The topological polar surface area (TPSA) is 37.6 Å². The van der Waals surface area contributed by atoms with Crippen LogP contribution in [-0.4, -0.2) is 37.2 Å². The number of ether oxygens (including phenoxy) is 1. The third kappa shape index (κ3) is 4.12. The lowest BCUT2D eigenvalue weighted by Gasteiger charge is -2.20. The predicted octanol–water partition coefficient (Wildman–Crippen LogP) is 2.00. The number of nitrogens with one attached hydrogen (secondary N) is 1. The molecule has 1 unspecified atom stereocenters. The molecule has 18 heavy (non-hydrogen) atoms. The van der Waals surface area contributed by atoms with Crippen LogP contribution in [0.2, 0.25) is 0 Å². The molecule has 0 spiro atoms. The van der Waals surface area contributed by atoms with Crippen molar-refractivity contribution in [3.05, 3.63) is 23.7 Å². The number of rotatable bonds is 5. The quantitative estimate of drug-likeness (QED) is 0.870. The van der Waals surface area contributed by atoms with Crippen LogP contribution in [0.4, 0.5) is 0 Å². The van der Waals surface area contributed by atoms with Crippen molar-refractivity contribution in [1.82, 2.24) is 10.2 Å². The molecule has 2 heterocycles. The van der Waals surface area contributed by atoms with E-state index in [4.69, 9.17) is 9.15 Å². The molecule has 1 atom stereocenters. The third-order valence-electron chi connectivity index (χ3n) is 3.18. The molecule has 102 valence electrons. The van der Waals surface area contributed by atoms with Gasteiger partial charge in [-0.25, -0.2) is 0 Å². The van der Waals surface area contributed by atoms with E-state index in [0.29, 0.717) is 6.10 Å². The zero-order valence-corrected chi connectivity index (χ0v) is 11.4. The molecule has 1 aliphatic rings. The van der Waals surface area contributed by atoms with Crippen LogP contribution in [0.5, 0.6) is 0 Å². The summed E-state index contributed by atoms with van der Waals surface area (Å²) in [5.41, 5.74) is 0. The van der Waals surface area contributed by atoms with Gasteiger partial charge in [0.2, 0.25) is 0 Å². The van der Waals surface area contributed by atoms with Crippen LogP contribution in [0, 0.1) is 0 Å². The first-order chi connectivity index (χ1) is 8.78. The minimum absolute atomic E-state index is 0.323. The Balaban J connectivity index is 1.85. The van der Waals surface area contributed by atoms with Crippen LogP contribution >= 0.6 is 0 Å². The highest BCUT2D eigenvalue weighted by molar-refractivity contribution is 5.07. The number of hydrogen-bond acceptors (Lipinski definition) is 4. The van der Waals surface area contributed by atoms with Crippen LogP contribution in [0.25, 0.3) is 0 Å². The van der Waals surface area contributed by atoms with E-state index in [1.807, 2.05) is 0 Å². The van der Waals surface area contributed by atoms with Crippen molar-refractivity contribution in [3.8, 4) is 0 Å². The van der Waals surface area contributed by atoms with Crippen molar-refractivity contribution in [2.45, 2.75) is 39.5 Å². The molecule has 0 amide bonds. The summed E-state index contributed by atoms with van der Waals surface area (Å²) in [6, 6.07) is 4.15. The van der Waals surface area contributed by atoms with E-state index >= 15 is 0 Å². The minimum Gasteiger partial charge on any atom is -0.463 e. The maximum atomic E-state index is 5.82. The van der Waals surface area contributed by atoms with Crippen LogP contribution in [-0.2, 0) is 17.8 Å². The molecular formula is C14H24N2O2. The first-order valence-corrected chi connectivity index (χ1v) is 6.90. The molecule has 1 fully saturated rings. The van der Waals surface area contributed by atoms with Gasteiger partial charge in [0.25, 0.3) is 0 Å². The van der Waals surface area contributed by atoms with Crippen molar-refractivity contribution >= 4 is 0 Å². The fourth-order valence-corrected chi connectivity index (χ4v) is 2.29. The Morgan fingerprint density at radius 3 is 3.06 bits per heavy atom. The second-order valence-electron chi connectivity index (χ2n) is 4.92. The Morgan fingerprint density at radius 2 is 2.22 bits per heavy atom. The number of nitrogens with zero attached hydrogens (tertiary/aromatic N) is 1. The van der Waals surface area contributed by atoms with Crippen LogP contribution in [0.1, 0.15) is 31.8 Å². The predicted molar refractivity (Wildman–Crippen MR) is 71.4 cm³/mol. The van der Waals surface area contributed by atoms with E-state index in [-0.39, 0.29) is 0 Å². The normalized spacial score (nSPS) is 22.0. The van der Waals surface area contributed by atoms with E-state index in [0.717, 1.165) is 57.3 Å². The fourth-order valence-electron chi connectivity index (χ4n) is 2.29. The summed E-state index contributed by atoms with van der Waals surface area (Å²) < 4.78 is 11.5. The Bertz CT molecular complexity index is 351. The van der Waals surface area contributed by atoms with E-state index in [2.05, 4.69) is 36.2 Å². The summed E-state index contributed by atoms with van der Waals surface area (Å²) in [6.07, 6.45) is 1.43. The fraction of sp³-hybridized carbons (Fsp3) is 0.714. The minimum atomic E-state index is 0.323. The molecule has 0 radical (unpaired) electrons. The Kier molecular flexibility index (Phi) is 5.23. The molecule has 1 aromatic heterocycles. The molecule has 4 heteroatoms.